The van der Waals surface area contributed by atoms with E-state index in [1.165, 1.54) is 0 Å². The second-order valence-electron chi connectivity index (χ2n) is 4.48. The van der Waals surface area contributed by atoms with E-state index < -0.39 is 0 Å². The van der Waals surface area contributed by atoms with Gasteiger partial charge in [-0.15, -0.1) is 0 Å². The third kappa shape index (κ3) is 1.96. The third-order valence-corrected chi connectivity index (χ3v) is 3.26. The molecule has 0 fully saturated rings. The Morgan fingerprint density at radius 1 is 1.29 bits per heavy atom. The zero-order valence-corrected chi connectivity index (χ0v) is 9.58. The van der Waals surface area contributed by atoms with Crippen molar-refractivity contribution in [1.82, 2.24) is 14.8 Å². The highest BCUT2D eigenvalue weighted by Crippen LogP contribution is 2.22. The summed E-state index contributed by atoms with van der Waals surface area (Å²) in [4.78, 5) is 4.56. The van der Waals surface area contributed by atoms with Crippen LogP contribution in [0.5, 0.6) is 0 Å². The van der Waals surface area contributed by atoms with E-state index in [1.807, 2.05) is 35.0 Å². The minimum atomic E-state index is 0.244. The third-order valence-electron chi connectivity index (χ3n) is 3.26. The van der Waals surface area contributed by atoms with Gasteiger partial charge in [0.25, 0.3) is 0 Å². The monoisotopic (exact) mass is 229 g/mol. The van der Waals surface area contributed by atoms with Gasteiger partial charge in [0.05, 0.1) is 0 Å². The summed E-state index contributed by atoms with van der Waals surface area (Å²) >= 11 is 0. The Kier molecular flexibility index (Phi) is 2.65. The molecule has 17 heavy (non-hydrogen) atoms. The molecule has 4 heteroatoms. The van der Waals surface area contributed by atoms with Gasteiger partial charge in [-0.2, -0.15) is 5.10 Å². The fourth-order valence-electron chi connectivity index (χ4n) is 2.23. The van der Waals surface area contributed by atoms with Crippen LogP contribution in [0.4, 0.5) is 0 Å². The SMILES string of the molecule is OCC1CCn2nc(-c3ccccc3)nc2C1. The van der Waals surface area contributed by atoms with Crippen molar-refractivity contribution in [1.29, 1.82) is 0 Å². The van der Waals surface area contributed by atoms with Crippen LogP contribution in [-0.2, 0) is 13.0 Å². The van der Waals surface area contributed by atoms with Crippen LogP contribution in [0.1, 0.15) is 12.2 Å². The van der Waals surface area contributed by atoms with E-state index in [-0.39, 0.29) is 6.61 Å². The predicted octanol–water partition coefficient (Wildman–Crippen LogP) is 1.50. The van der Waals surface area contributed by atoms with Crippen molar-refractivity contribution in [3.05, 3.63) is 36.2 Å². The van der Waals surface area contributed by atoms with Gasteiger partial charge in [0.1, 0.15) is 5.82 Å². The fraction of sp³-hybridized carbons (Fsp3) is 0.385. The first kappa shape index (κ1) is 10.5. The Morgan fingerprint density at radius 3 is 2.88 bits per heavy atom. The van der Waals surface area contributed by atoms with Crippen LogP contribution in [-0.4, -0.2) is 26.5 Å². The standard InChI is InChI=1S/C13H15N3O/c17-9-10-6-7-16-12(8-10)14-13(15-16)11-4-2-1-3-5-11/h1-5,10,17H,6-9H2. The van der Waals surface area contributed by atoms with Crippen LogP contribution in [0.2, 0.25) is 0 Å². The fourth-order valence-corrected chi connectivity index (χ4v) is 2.23. The molecule has 3 rings (SSSR count). The molecule has 1 atom stereocenters. The van der Waals surface area contributed by atoms with Gasteiger partial charge < -0.3 is 5.11 Å². The first-order valence-corrected chi connectivity index (χ1v) is 5.97. The maximum absolute atomic E-state index is 9.18. The van der Waals surface area contributed by atoms with Crippen LogP contribution in [0.25, 0.3) is 11.4 Å². The first-order valence-electron chi connectivity index (χ1n) is 5.97. The van der Waals surface area contributed by atoms with Gasteiger partial charge in [-0.3, -0.25) is 0 Å². The molecule has 4 nitrogen and oxygen atoms in total. The van der Waals surface area contributed by atoms with Crippen molar-refractivity contribution >= 4 is 0 Å². The van der Waals surface area contributed by atoms with Crippen molar-refractivity contribution in [3.8, 4) is 11.4 Å². The Bertz CT molecular complexity index is 507. The number of aryl methyl sites for hydroxylation is 1. The minimum Gasteiger partial charge on any atom is -0.396 e. The molecule has 1 unspecified atom stereocenters. The number of fused-ring (bicyclic) bond motifs is 1. The Morgan fingerprint density at radius 2 is 2.12 bits per heavy atom. The van der Waals surface area contributed by atoms with Crippen LogP contribution in [0, 0.1) is 5.92 Å². The van der Waals surface area contributed by atoms with E-state index >= 15 is 0 Å². The average molecular weight is 229 g/mol. The lowest BCUT2D eigenvalue weighted by molar-refractivity contribution is 0.196. The van der Waals surface area contributed by atoms with Crippen LogP contribution >= 0.6 is 0 Å². The van der Waals surface area contributed by atoms with Crippen molar-refractivity contribution in [3.63, 3.8) is 0 Å². The molecule has 0 saturated carbocycles. The summed E-state index contributed by atoms with van der Waals surface area (Å²) in [5.41, 5.74) is 1.05. The number of aliphatic hydroxyl groups is 1. The van der Waals surface area contributed by atoms with Crippen LogP contribution in [0.3, 0.4) is 0 Å². The Hall–Kier alpha value is -1.68. The van der Waals surface area contributed by atoms with Gasteiger partial charge in [-0.1, -0.05) is 30.3 Å². The minimum absolute atomic E-state index is 0.244. The molecule has 0 spiro atoms. The summed E-state index contributed by atoms with van der Waals surface area (Å²) in [6.45, 7) is 1.11. The smallest absolute Gasteiger partial charge is 0.181 e. The zero-order chi connectivity index (χ0) is 11.7. The number of hydrogen-bond acceptors (Lipinski definition) is 3. The van der Waals surface area contributed by atoms with E-state index in [9.17, 15) is 5.11 Å². The Labute approximate surface area is 99.9 Å². The summed E-state index contributed by atoms with van der Waals surface area (Å²) < 4.78 is 1.97. The molecule has 1 aromatic heterocycles. The maximum Gasteiger partial charge on any atom is 0.181 e. The molecular formula is C13H15N3O. The molecule has 0 bridgehead atoms. The molecule has 2 heterocycles. The molecule has 0 saturated heterocycles. The zero-order valence-electron chi connectivity index (χ0n) is 9.58. The molecule has 0 radical (unpaired) electrons. The van der Waals surface area contributed by atoms with E-state index in [4.69, 9.17) is 0 Å². The highest BCUT2D eigenvalue weighted by molar-refractivity contribution is 5.54. The van der Waals surface area contributed by atoms with Crippen molar-refractivity contribution in [2.75, 3.05) is 6.61 Å². The summed E-state index contributed by atoms with van der Waals surface area (Å²) in [7, 11) is 0. The number of rotatable bonds is 2. The maximum atomic E-state index is 9.18. The van der Waals surface area contributed by atoms with Gasteiger partial charge in [0, 0.05) is 25.1 Å². The lowest BCUT2D eigenvalue weighted by atomic mass is 9.99. The van der Waals surface area contributed by atoms with Crippen molar-refractivity contribution in [2.45, 2.75) is 19.4 Å². The number of benzene rings is 1. The van der Waals surface area contributed by atoms with Crippen molar-refractivity contribution in [2.24, 2.45) is 5.92 Å². The molecular weight excluding hydrogens is 214 g/mol. The summed E-state index contributed by atoms with van der Waals surface area (Å²) in [6.07, 6.45) is 1.82. The quantitative estimate of drug-likeness (QED) is 0.849. The highest BCUT2D eigenvalue weighted by Gasteiger charge is 2.21. The van der Waals surface area contributed by atoms with E-state index in [0.717, 1.165) is 36.6 Å². The lowest BCUT2D eigenvalue weighted by Gasteiger charge is -2.19. The summed E-state index contributed by atoms with van der Waals surface area (Å²) in [5.74, 6) is 2.13. The molecule has 1 aliphatic rings. The number of aliphatic hydroxyl groups excluding tert-OH is 1. The first-order chi connectivity index (χ1) is 8.36. The van der Waals surface area contributed by atoms with Gasteiger partial charge in [-0.25, -0.2) is 9.67 Å². The summed E-state index contributed by atoms with van der Waals surface area (Å²) in [5, 5.41) is 13.7. The second-order valence-corrected chi connectivity index (χ2v) is 4.48. The van der Waals surface area contributed by atoms with Crippen LogP contribution < -0.4 is 0 Å². The molecule has 0 aliphatic carbocycles. The number of nitrogens with zero attached hydrogens (tertiary/aromatic N) is 3. The predicted molar refractivity (Wildman–Crippen MR) is 64.4 cm³/mol. The molecule has 2 aromatic rings. The average Bonchev–Trinajstić information content (AvgIpc) is 2.82. The van der Waals surface area contributed by atoms with Gasteiger partial charge in [0.2, 0.25) is 0 Å². The second kappa shape index (κ2) is 4.30. The summed E-state index contributed by atoms with van der Waals surface area (Å²) in [6, 6.07) is 10.0. The van der Waals surface area contributed by atoms with E-state index in [2.05, 4.69) is 10.1 Å². The molecule has 0 amide bonds. The molecule has 1 aromatic carbocycles. The lowest BCUT2D eigenvalue weighted by Crippen LogP contribution is -2.22. The molecule has 1 aliphatic heterocycles. The molecule has 88 valence electrons. The highest BCUT2D eigenvalue weighted by atomic mass is 16.3. The van der Waals surface area contributed by atoms with E-state index in [1.54, 1.807) is 0 Å². The van der Waals surface area contributed by atoms with Gasteiger partial charge >= 0.3 is 0 Å². The van der Waals surface area contributed by atoms with Crippen molar-refractivity contribution < 1.29 is 5.11 Å². The normalized spacial score (nSPS) is 19.0. The van der Waals surface area contributed by atoms with E-state index in [0.29, 0.717) is 5.92 Å². The topological polar surface area (TPSA) is 50.9 Å². The van der Waals surface area contributed by atoms with Crippen LogP contribution in [0.15, 0.2) is 30.3 Å². The number of hydrogen-bond donors (Lipinski definition) is 1. The molecule has 1 N–H and O–H groups in total. The van der Waals surface area contributed by atoms with Gasteiger partial charge in [0.15, 0.2) is 5.82 Å². The van der Waals surface area contributed by atoms with Gasteiger partial charge in [-0.05, 0) is 12.3 Å². The largest absolute Gasteiger partial charge is 0.396 e. The number of aromatic nitrogens is 3. The Balaban J connectivity index is 1.93.